The zero-order chi connectivity index (χ0) is 29.0. The van der Waals surface area contributed by atoms with Gasteiger partial charge in [0.1, 0.15) is 28.9 Å². The molecule has 3 aromatic carbocycles. The third-order valence-corrected chi connectivity index (χ3v) is 8.02. The molecule has 1 aliphatic heterocycles. The molecule has 0 fully saturated rings. The van der Waals surface area contributed by atoms with E-state index in [1.807, 2.05) is 24.3 Å². The van der Waals surface area contributed by atoms with Crippen LogP contribution < -0.4 is 14.8 Å². The highest BCUT2D eigenvalue weighted by molar-refractivity contribution is 7.90. The van der Waals surface area contributed by atoms with Gasteiger partial charge in [0.05, 0.1) is 11.0 Å². The van der Waals surface area contributed by atoms with Gasteiger partial charge in [-0.05, 0) is 84.1 Å². The number of benzene rings is 3. The van der Waals surface area contributed by atoms with E-state index in [0.29, 0.717) is 18.8 Å². The normalized spacial score (nSPS) is 15.4. The van der Waals surface area contributed by atoms with Crippen molar-refractivity contribution in [3.05, 3.63) is 102 Å². The third kappa shape index (κ3) is 6.91. The van der Waals surface area contributed by atoms with E-state index in [1.54, 1.807) is 30.6 Å². The number of aliphatic hydroxyl groups excluding tert-OH is 1. The van der Waals surface area contributed by atoms with Crippen LogP contribution in [0.3, 0.4) is 0 Å². The van der Waals surface area contributed by atoms with Crippen molar-refractivity contribution in [2.24, 2.45) is 0 Å². The van der Waals surface area contributed by atoms with Crippen LogP contribution in [0.5, 0.6) is 17.2 Å². The molecule has 0 amide bonds. The molecule has 5 rings (SSSR count). The van der Waals surface area contributed by atoms with Gasteiger partial charge in [-0.3, -0.25) is 4.98 Å². The molecular formula is C31H30N2O7S. The predicted molar refractivity (Wildman–Crippen MR) is 153 cm³/mol. The van der Waals surface area contributed by atoms with Gasteiger partial charge in [0.25, 0.3) is 0 Å². The van der Waals surface area contributed by atoms with Gasteiger partial charge >= 0.3 is 5.97 Å². The molecule has 0 saturated heterocycles. The minimum atomic E-state index is -3.36. The zero-order valence-electron chi connectivity index (χ0n) is 22.4. The largest absolute Gasteiger partial charge is 0.489 e. The van der Waals surface area contributed by atoms with Crippen molar-refractivity contribution in [1.29, 1.82) is 0 Å². The van der Waals surface area contributed by atoms with Gasteiger partial charge in [0.15, 0.2) is 9.84 Å². The summed E-state index contributed by atoms with van der Waals surface area (Å²) in [4.78, 5) is 16.0. The summed E-state index contributed by atoms with van der Waals surface area (Å²) in [6.07, 6.45) is 5.39. The summed E-state index contributed by atoms with van der Waals surface area (Å²) in [5, 5.41) is 23.3. The van der Waals surface area contributed by atoms with Crippen molar-refractivity contribution in [3.63, 3.8) is 0 Å². The monoisotopic (exact) mass is 574 g/mol. The lowest BCUT2D eigenvalue weighted by atomic mass is 9.96. The Morgan fingerprint density at radius 2 is 1.85 bits per heavy atom. The van der Waals surface area contributed by atoms with Gasteiger partial charge < -0.3 is 25.0 Å². The molecule has 4 aromatic rings. The second kappa shape index (κ2) is 12.1. The van der Waals surface area contributed by atoms with E-state index in [0.717, 1.165) is 47.1 Å². The minimum Gasteiger partial charge on any atom is -0.489 e. The van der Waals surface area contributed by atoms with Crippen LogP contribution >= 0.6 is 0 Å². The first-order valence-electron chi connectivity index (χ1n) is 13.1. The average molecular weight is 575 g/mol. The van der Waals surface area contributed by atoms with Crippen LogP contribution in [0.1, 0.15) is 34.0 Å². The van der Waals surface area contributed by atoms with Crippen molar-refractivity contribution in [3.8, 4) is 28.4 Å². The fraction of sp³-hybridized carbons (Fsp3) is 0.226. The molecule has 1 aromatic heterocycles. The summed E-state index contributed by atoms with van der Waals surface area (Å²) >= 11 is 0. The Bertz CT molecular complexity index is 1640. The number of aromatic nitrogens is 1. The number of pyridine rings is 1. The number of carboxylic acid groups (broad SMARTS) is 1. The van der Waals surface area contributed by atoms with Crippen LogP contribution in [0.25, 0.3) is 11.1 Å². The standard InChI is InChI=1S/C31H30N2O7S/c1-41(37,38)26-10-8-24(9-11-26)39-30-16-21(5-12-27(30)31(35)36)20-6-13-29-22(15-20)4-7-25(40-29)18-33-19-28(34)23-3-2-14-32-17-23/h2-3,5-6,8-17,25,28,33-34H,4,7,18-19H2,1H3,(H,35,36)/t25-,28+/m1/s1. The maximum Gasteiger partial charge on any atom is 0.339 e. The number of sulfone groups is 1. The Hall–Kier alpha value is -4.25. The maximum absolute atomic E-state index is 11.9. The fourth-order valence-electron chi connectivity index (χ4n) is 4.68. The van der Waals surface area contributed by atoms with Crippen LogP contribution in [0.15, 0.2) is 90.1 Å². The molecule has 1 aliphatic rings. The van der Waals surface area contributed by atoms with Crippen LogP contribution in [0, 0.1) is 0 Å². The highest BCUT2D eigenvalue weighted by Crippen LogP contribution is 2.35. The lowest BCUT2D eigenvalue weighted by Crippen LogP contribution is -2.36. The first-order valence-corrected chi connectivity index (χ1v) is 15.0. The van der Waals surface area contributed by atoms with Crippen LogP contribution in [-0.2, 0) is 16.3 Å². The molecule has 41 heavy (non-hydrogen) atoms. The number of carbonyl (C=O) groups is 1. The van der Waals surface area contributed by atoms with E-state index in [1.165, 1.54) is 30.3 Å². The van der Waals surface area contributed by atoms with Crippen LogP contribution in [0.2, 0.25) is 0 Å². The van der Waals surface area contributed by atoms with Gasteiger partial charge in [-0.1, -0.05) is 18.2 Å². The molecule has 212 valence electrons. The molecule has 10 heteroatoms. The van der Waals surface area contributed by atoms with Gasteiger partial charge in [0, 0.05) is 37.3 Å². The van der Waals surface area contributed by atoms with Gasteiger partial charge in [0.2, 0.25) is 0 Å². The SMILES string of the molecule is CS(=O)(=O)c1ccc(Oc2cc(-c3ccc4c(c3)CC[C@H](CNC[C@H](O)c3cccnc3)O4)ccc2C(=O)O)cc1. The summed E-state index contributed by atoms with van der Waals surface area (Å²) in [5.41, 5.74) is 3.46. The topological polar surface area (TPSA) is 135 Å². The van der Waals surface area contributed by atoms with Crippen molar-refractivity contribution in [2.75, 3.05) is 19.3 Å². The van der Waals surface area contributed by atoms with E-state index < -0.39 is 21.9 Å². The van der Waals surface area contributed by atoms with Crippen LogP contribution in [0.4, 0.5) is 0 Å². The molecule has 3 N–H and O–H groups in total. The molecular weight excluding hydrogens is 544 g/mol. The Morgan fingerprint density at radius 3 is 2.56 bits per heavy atom. The number of rotatable bonds is 10. The number of ether oxygens (including phenoxy) is 2. The summed E-state index contributed by atoms with van der Waals surface area (Å²) in [6, 6.07) is 20.2. The number of nitrogens with one attached hydrogen (secondary N) is 1. The maximum atomic E-state index is 11.9. The van der Waals surface area contributed by atoms with Crippen molar-refractivity contribution >= 4 is 15.8 Å². The average Bonchev–Trinajstić information content (AvgIpc) is 2.97. The first kappa shape index (κ1) is 28.3. The summed E-state index contributed by atoms with van der Waals surface area (Å²) in [5.74, 6) is 0.133. The predicted octanol–water partition coefficient (Wildman–Crippen LogP) is 4.66. The second-order valence-corrected chi connectivity index (χ2v) is 11.9. The molecule has 0 unspecified atom stereocenters. The van der Waals surface area contributed by atoms with Crippen molar-refractivity contribution < 1.29 is 32.9 Å². The molecule has 0 radical (unpaired) electrons. The van der Waals surface area contributed by atoms with Crippen molar-refractivity contribution in [1.82, 2.24) is 10.3 Å². The fourth-order valence-corrected chi connectivity index (χ4v) is 5.32. The van der Waals surface area contributed by atoms with Crippen LogP contribution in [-0.4, -0.2) is 55.0 Å². The Kier molecular flexibility index (Phi) is 8.34. The molecule has 0 spiro atoms. The molecule has 0 bridgehead atoms. The number of nitrogens with zero attached hydrogens (tertiary/aromatic N) is 1. The summed E-state index contributed by atoms with van der Waals surface area (Å²) in [7, 11) is -3.36. The number of aliphatic hydroxyl groups is 1. The van der Waals surface area contributed by atoms with E-state index in [-0.39, 0.29) is 22.3 Å². The Labute approximate surface area is 238 Å². The highest BCUT2D eigenvalue weighted by atomic mass is 32.2. The van der Waals surface area contributed by atoms with E-state index >= 15 is 0 Å². The van der Waals surface area contributed by atoms with E-state index in [2.05, 4.69) is 10.3 Å². The number of hydrogen-bond donors (Lipinski definition) is 3. The molecule has 2 atom stereocenters. The first-order chi connectivity index (χ1) is 19.7. The quantitative estimate of drug-likeness (QED) is 0.247. The number of aromatic carboxylic acids is 1. The lowest BCUT2D eigenvalue weighted by molar-refractivity contribution is 0.0694. The van der Waals surface area contributed by atoms with Gasteiger partial charge in [-0.15, -0.1) is 0 Å². The third-order valence-electron chi connectivity index (χ3n) is 6.89. The van der Waals surface area contributed by atoms with Gasteiger partial charge in [-0.2, -0.15) is 0 Å². The van der Waals surface area contributed by atoms with E-state index in [4.69, 9.17) is 9.47 Å². The molecule has 2 heterocycles. The minimum absolute atomic E-state index is 0.00813. The zero-order valence-corrected chi connectivity index (χ0v) is 23.2. The Balaban J connectivity index is 1.27. The molecule has 0 aliphatic carbocycles. The molecule has 0 saturated carbocycles. The number of carboxylic acids is 1. The summed E-state index contributed by atoms with van der Waals surface area (Å²) < 4.78 is 35.6. The number of aryl methyl sites for hydroxylation is 1. The van der Waals surface area contributed by atoms with Gasteiger partial charge in [-0.25, -0.2) is 13.2 Å². The van der Waals surface area contributed by atoms with Crippen molar-refractivity contribution in [2.45, 2.75) is 29.9 Å². The smallest absolute Gasteiger partial charge is 0.339 e. The number of fused-ring (bicyclic) bond motifs is 1. The number of hydrogen-bond acceptors (Lipinski definition) is 8. The highest BCUT2D eigenvalue weighted by Gasteiger charge is 2.21. The molecule has 9 nitrogen and oxygen atoms in total. The summed E-state index contributed by atoms with van der Waals surface area (Å²) in [6.45, 7) is 0.997. The lowest BCUT2D eigenvalue weighted by Gasteiger charge is -2.27. The second-order valence-electron chi connectivity index (χ2n) is 9.92. The van der Waals surface area contributed by atoms with E-state index in [9.17, 15) is 23.4 Å². The Morgan fingerprint density at radius 1 is 1.10 bits per heavy atom.